The highest BCUT2D eigenvalue weighted by Crippen LogP contribution is 2.14. The number of methoxy groups -OCH3 is 1. The lowest BCUT2D eigenvalue weighted by Gasteiger charge is -2.06. The van der Waals surface area contributed by atoms with Crippen LogP contribution < -0.4 is 4.74 Å². The van der Waals surface area contributed by atoms with Crippen LogP contribution in [0.5, 0.6) is 5.75 Å². The molecule has 0 saturated carbocycles. The van der Waals surface area contributed by atoms with Crippen molar-refractivity contribution in [1.29, 1.82) is 5.41 Å². The molecule has 2 rings (SSSR count). The van der Waals surface area contributed by atoms with Gasteiger partial charge in [-0.2, -0.15) is 0 Å². The monoisotopic (exact) mass is 269 g/mol. The van der Waals surface area contributed by atoms with Gasteiger partial charge in [0.1, 0.15) is 5.75 Å². The van der Waals surface area contributed by atoms with E-state index in [1.807, 2.05) is 24.3 Å². The van der Waals surface area contributed by atoms with Gasteiger partial charge in [0.15, 0.2) is 0 Å². The van der Waals surface area contributed by atoms with Crippen LogP contribution in [0.3, 0.4) is 0 Å². The highest BCUT2D eigenvalue weighted by molar-refractivity contribution is 5.99. The largest absolute Gasteiger partial charge is 0.497 e. The van der Waals surface area contributed by atoms with Gasteiger partial charge in [0, 0.05) is 12.1 Å². The zero-order chi connectivity index (χ0) is 14.5. The predicted octanol–water partition coefficient (Wildman–Crippen LogP) is 3.00. The molecule has 2 aromatic rings. The van der Waals surface area contributed by atoms with Crippen molar-refractivity contribution < 1.29 is 14.6 Å². The molecule has 0 unspecified atom stereocenters. The Bertz CT molecular complexity index is 615. The molecular formula is C16H15NO3. The van der Waals surface area contributed by atoms with E-state index in [1.165, 1.54) is 0 Å². The molecular weight excluding hydrogens is 254 g/mol. The van der Waals surface area contributed by atoms with Gasteiger partial charge in [0.25, 0.3) is 0 Å². The van der Waals surface area contributed by atoms with Crippen molar-refractivity contribution in [2.45, 2.75) is 6.42 Å². The summed E-state index contributed by atoms with van der Waals surface area (Å²) in [6, 6.07) is 13.9. The molecule has 0 atom stereocenters. The van der Waals surface area contributed by atoms with Crippen molar-refractivity contribution in [3.63, 3.8) is 0 Å². The highest BCUT2D eigenvalue weighted by atomic mass is 16.5. The molecule has 0 fully saturated rings. The molecule has 0 saturated heterocycles. The second-order valence-electron chi connectivity index (χ2n) is 4.39. The van der Waals surface area contributed by atoms with E-state index in [2.05, 4.69) is 0 Å². The molecule has 2 aromatic carbocycles. The number of nitrogens with one attached hydrogen (secondary N) is 1. The average molecular weight is 269 g/mol. The van der Waals surface area contributed by atoms with Crippen molar-refractivity contribution in [1.82, 2.24) is 0 Å². The summed E-state index contributed by atoms with van der Waals surface area (Å²) in [5.74, 6) is -0.186. The van der Waals surface area contributed by atoms with E-state index in [1.54, 1.807) is 31.4 Å². The van der Waals surface area contributed by atoms with Crippen LogP contribution in [0.4, 0.5) is 0 Å². The smallest absolute Gasteiger partial charge is 0.335 e. The number of carboxylic acids is 1. The Morgan fingerprint density at radius 1 is 1.05 bits per heavy atom. The number of hydrogen-bond donors (Lipinski definition) is 2. The third-order valence-corrected chi connectivity index (χ3v) is 3.02. The third-order valence-electron chi connectivity index (χ3n) is 3.02. The normalized spacial score (nSPS) is 10.1. The SMILES string of the molecule is COc1ccc(C(=N)Cc2ccc(C(=O)O)cc2)cc1. The summed E-state index contributed by atoms with van der Waals surface area (Å²) in [7, 11) is 1.60. The van der Waals surface area contributed by atoms with Gasteiger partial charge >= 0.3 is 5.97 Å². The van der Waals surface area contributed by atoms with Crippen LogP contribution in [-0.2, 0) is 6.42 Å². The van der Waals surface area contributed by atoms with E-state index in [9.17, 15) is 4.79 Å². The maximum Gasteiger partial charge on any atom is 0.335 e. The van der Waals surface area contributed by atoms with Crippen LogP contribution in [-0.4, -0.2) is 23.9 Å². The van der Waals surface area contributed by atoms with E-state index in [0.29, 0.717) is 12.1 Å². The molecule has 0 amide bonds. The summed E-state index contributed by atoms with van der Waals surface area (Å²) in [6.07, 6.45) is 0.465. The van der Waals surface area contributed by atoms with Crippen LogP contribution in [0.1, 0.15) is 21.5 Å². The van der Waals surface area contributed by atoms with Crippen LogP contribution in [0.15, 0.2) is 48.5 Å². The number of rotatable bonds is 5. The average Bonchev–Trinajstić information content (AvgIpc) is 2.48. The Morgan fingerprint density at radius 3 is 2.10 bits per heavy atom. The lowest BCUT2D eigenvalue weighted by molar-refractivity contribution is 0.0697. The standard InChI is InChI=1S/C16H15NO3/c1-20-14-8-6-12(7-9-14)15(17)10-11-2-4-13(5-3-11)16(18)19/h2-9,17H,10H2,1H3,(H,18,19). The minimum atomic E-state index is -0.943. The van der Waals surface area contributed by atoms with E-state index >= 15 is 0 Å². The molecule has 0 aliphatic rings. The van der Waals surface area contributed by atoms with Crippen LogP contribution in [0, 0.1) is 5.41 Å². The second-order valence-corrected chi connectivity index (χ2v) is 4.39. The summed E-state index contributed by atoms with van der Waals surface area (Å²) in [6.45, 7) is 0. The maximum absolute atomic E-state index is 10.8. The molecule has 0 aliphatic carbocycles. The first-order chi connectivity index (χ1) is 9.60. The van der Waals surface area contributed by atoms with Crippen LogP contribution in [0.2, 0.25) is 0 Å². The molecule has 0 heterocycles. The zero-order valence-electron chi connectivity index (χ0n) is 11.1. The van der Waals surface area contributed by atoms with Crippen LogP contribution in [0.25, 0.3) is 0 Å². The summed E-state index contributed by atoms with van der Waals surface area (Å²) < 4.78 is 5.08. The Kier molecular flexibility index (Phi) is 4.15. The quantitative estimate of drug-likeness (QED) is 0.820. The summed E-state index contributed by atoms with van der Waals surface area (Å²) >= 11 is 0. The molecule has 0 radical (unpaired) electrons. The minimum Gasteiger partial charge on any atom is -0.497 e. The van der Waals surface area contributed by atoms with Crippen molar-refractivity contribution in [3.8, 4) is 5.75 Å². The Labute approximate surface area is 117 Å². The molecule has 4 nitrogen and oxygen atoms in total. The Balaban J connectivity index is 2.08. The third kappa shape index (κ3) is 3.23. The fourth-order valence-electron chi connectivity index (χ4n) is 1.86. The number of aromatic carboxylic acids is 1. The number of carbonyl (C=O) groups is 1. The van der Waals surface area contributed by atoms with Crippen LogP contribution >= 0.6 is 0 Å². The molecule has 2 N–H and O–H groups in total. The number of hydrogen-bond acceptors (Lipinski definition) is 3. The lowest BCUT2D eigenvalue weighted by atomic mass is 10.0. The minimum absolute atomic E-state index is 0.254. The Hall–Kier alpha value is -2.62. The molecule has 102 valence electrons. The topological polar surface area (TPSA) is 70.4 Å². The number of benzene rings is 2. The Morgan fingerprint density at radius 2 is 1.60 bits per heavy atom. The number of ether oxygens (including phenoxy) is 1. The van der Waals surface area contributed by atoms with Gasteiger partial charge in [-0.15, -0.1) is 0 Å². The van der Waals surface area contributed by atoms with Crippen molar-refractivity contribution >= 4 is 11.7 Å². The number of carboxylic acid groups (broad SMARTS) is 1. The zero-order valence-corrected chi connectivity index (χ0v) is 11.1. The fourth-order valence-corrected chi connectivity index (χ4v) is 1.86. The maximum atomic E-state index is 10.8. The van der Waals surface area contributed by atoms with Crippen molar-refractivity contribution in [2.75, 3.05) is 7.11 Å². The summed E-state index contributed by atoms with van der Waals surface area (Å²) in [5, 5.41) is 16.9. The van der Waals surface area contributed by atoms with E-state index in [-0.39, 0.29) is 5.56 Å². The van der Waals surface area contributed by atoms with E-state index < -0.39 is 5.97 Å². The highest BCUT2D eigenvalue weighted by Gasteiger charge is 2.05. The van der Waals surface area contributed by atoms with Gasteiger partial charge in [-0.25, -0.2) is 4.79 Å². The van der Waals surface area contributed by atoms with Gasteiger partial charge in [0.05, 0.1) is 12.7 Å². The van der Waals surface area contributed by atoms with E-state index in [0.717, 1.165) is 16.9 Å². The molecule has 20 heavy (non-hydrogen) atoms. The van der Waals surface area contributed by atoms with Crippen molar-refractivity contribution in [2.24, 2.45) is 0 Å². The van der Waals surface area contributed by atoms with E-state index in [4.69, 9.17) is 15.3 Å². The molecule has 0 aliphatic heterocycles. The molecule has 4 heteroatoms. The summed E-state index contributed by atoms with van der Waals surface area (Å²) in [4.78, 5) is 10.8. The van der Waals surface area contributed by atoms with Gasteiger partial charge in [0.2, 0.25) is 0 Å². The summed E-state index contributed by atoms with van der Waals surface area (Å²) in [5.41, 5.74) is 2.48. The fraction of sp³-hybridized carbons (Fsp3) is 0.125. The van der Waals surface area contributed by atoms with Gasteiger partial charge in [-0.3, -0.25) is 0 Å². The van der Waals surface area contributed by atoms with Crippen molar-refractivity contribution in [3.05, 3.63) is 65.2 Å². The molecule has 0 spiro atoms. The second kappa shape index (κ2) is 6.02. The molecule has 0 bridgehead atoms. The molecule has 0 aromatic heterocycles. The van der Waals surface area contributed by atoms with Gasteiger partial charge in [-0.1, -0.05) is 12.1 Å². The van der Waals surface area contributed by atoms with Gasteiger partial charge < -0.3 is 15.3 Å². The first-order valence-corrected chi connectivity index (χ1v) is 6.14. The first kappa shape index (κ1) is 13.8. The van der Waals surface area contributed by atoms with Gasteiger partial charge in [-0.05, 0) is 47.5 Å². The first-order valence-electron chi connectivity index (χ1n) is 6.14. The lowest BCUT2D eigenvalue weighted by Crippen LogP contribution is -2.04. The predicted molar refractivity (Wildman–Crippen MR) is 76.9 cm³/mol.